The SMILES string of the molecule is CCCCC1CCC(N)(Cc2ccc(F)cc2C)CC1. The van der Waals surface area contributed by atoms with Crippen LogP contribution in [0.5, 0.6) is 0 Å². The Morgan fingerprint density at radius 1 is 1.30 bits per heavy atom. The maximum Gasteiger partial charge on any atom is 0.123 e. The van der Waals surface area contributed by atoms with Crippen LogP contribution in [0.4, 0.5) is 4.39 Å². The normalized spacial score (nSPS) is 26.7. The van der Waals surface area contributed by atoms with E-state index in [4.69, 9.17) is 5.73 Å². The highest BCUT2D eigenvalue weighted by molar-refractivity contribution is 5.28. The molecule has 1 saturated carbocycles. The van der Waals surface area contributed by atoms with Crippen LogP contribution in [-0.2, 0) is 6.42 Å². The van der Waals surface area contributed by atoms with Gasteiger partial charge in [-0.15, -0.1) is 0 Å². The molecule has 2 heteroatoms. The molecule has 0 amide bonds. The summed E-state index contributed by atoms with van der Waals surface area (Å²) in [6.45, 7) is 4.24. The zero-order valence-electron chi connectivity index (χ0n) is 12.9. The van der Waals surface area contributed by atoms with Crippen molar-refractivity contribution in [3.63, 3.8) is 0 Å². The number of hydrogen-bond donors (Lipinski definition) is 1. The molecule has 1 aliphatic carbocycles. The number of aryl methyl sites for hydroxylation is 1. The molecule has 1 fully saturated rings. The van der Waals surface area contributed by atoms with Gasteiger partial charge in [-0.2, -0.15) is 0 Å². The summed E-state index contributed by atoms with van der Waals surface area (Å²) in [5.74, 6) is 0.724. The van der Waals surface area contributed by atoms with Crippen LogP contribution in [0.2, 0.25) is 0 Å². The summed E-state index contributed by atoms with van der Waals surface area (Å²) in [6, 6.07) is 5.08. The first-order valence-corrected chi connectivity index (χ1v) is 8.06. The van der Waals surface area contributed by atoms with Crippen molar-refractivity contribution in [3.8, 4) is 0 Å². The van der Waals surface area contributed by atoms with Crippen molar-refractivity contribution >= 4 is 0 Å². The first-order valence-electron chi connectivity index (χ1n) is 8.06. The molecule has 0 saturated heterocycles. The fourth-order valence-electron chi connectivity index (χ4n) is 3.45. The lowest BCUT2D eigenvalue weighted by atomic mass is 9.72. The van der Waals surface area contributed by atoms with Gasteiger partial charge in [0.1, 0.15) is 5.82 Å². The van der Waals surface area contributed by atoms with E-state index < -0.39 is 0 Å². The van der Waals surface area contributed by atoms with Crippen molar-refractivity contribution in [1.82, 2.24) is 0 Å². The van der Waals surface area contributed by atoms with Crippen LogP contribution in [0.25, 0.3) is 0 Å². The van der Waals surface area contributed by atoms with E-state index in [0.29, 0.717) is 0 Å². The summed E-state index contributed by atoms with van der Waals surface area (Å²) in [7, 11) is 0. The second-order valence-electron chi connectivity index (χ2n) is 6.70. The predicted octanol–water partition coefficient (Wildman–Crippen LogP) is 4.75. The van der Waals surface area contributed by atoms with Gasteiger partial charge >= 0.3 is 0 Å². The zero-order valence-corrected chi connectivity index (χ0v) is 12.9. The summed E-state index contributed by atoms with van der Waals surface area (Å²) in [4.78, 5) is 0. The van der Waals surface area contributed by atoms with Gasteiger partial charge in [0.05, 0.1) is 0 Å². The van der Waals surface area contributed by atoms with Gasteiger partial charge in [-0.05, 0) is 68.2 Å². The number of halogens is 1. The van der Waals surface area contributed by atoms with Crippen molar-refractivity contribution in [2.45, 2.75) is 70.8 Å². The third kappa shape index (κ3) is 4.05. The number of unbranched alkanes of at least 4 members (excludes halogenated alkanes) is 1. The average Bonchev–Trinajstić information content (AvgIpc) is 2.42. The monoisotopic (exact) mass is 277 g/mol. The summed E-state index contributed by atoms with van der Waals surface area (Å²) in [5, 5.41) is 0. The number of rotatable bonds is 5. The fourth-order valence-corrected chi connectivity index (χ4v) is 3.45. The van der Waals surface area contributed by atoms with E-state index >= 15 is 0 Å². The Balaban J connectivity index is 1.93. The number of nitrogens with two attached hydrogens (primary N) is 1. The molecule has 1 aromatic rings. The minimum absolute atomic E-state index is 0.0781. The van der Waals surface area contributed by atoms with Gasteiger partial charge < -0.3 is 5.73 Å². The van der Waals surface area contributed by atoms with E-state index in [1.807, 2.05) is 13.0 Å². The summed E-state index contributed by atoms with van der Waals surface area (Å²) in [6.07, 6.45) is 9.63. The highest BCUT2D eigenvalue weighted by Gasteiger charge is 2.31. The predicted molar refractivity (Wildman–Crippen MR) is 83.2 cm³/mol. The Hall–Kier alpha value is -0.890. The van der Waals surface area contributed by atoms with Gasteiger partial charge in [0.25, 0.3) is 0 Å². The number of hydrogen-bond acceptors (Lipinski definition) is 1. The van der Waals surface area contributed by atoms with Gasteiger partial charge in [0, 0.05) is 5.54 Å². The average molecular weight is 277 g/mol. The smallest absolute Gasteiger partial charge is 0.123 e. The Morgan fingerprint density at radius 2 is 2.00 bits per heavy atom. The van der Waals surface area contributed by atoms with Gasteiger partial charge in [0.2, 0.25) is 0 Å². The van der Waals surface area contributed by atoms with Crippen LogP contribution in [0, 0.1) is 18.7 Å². The fraction of sp³-hybridized carbons (Fsp3) is 0.667. The molecular weight excluding hydrogens is 249 g/mol. The highest BCUT2D eigenvalue weighted by atomic mass is 19.1. The maximum absolute atomic E-state index is 13.2. The zero-order chi connectivity index (χ0) is 14.6. The Kier molecular flexibility index (Phi) is 5.20. The second-order valence-corrected chi connectivity index (χ2v) is 6.70. The first kappa shape index (κ1) is 15.5. The molecule has 0 bridgehead atoms. The Bertz CT molecular complexity index is 433. The van der Waals surface area contributed by atoms with Crippen LogP contribution >= 0.6 is 0 Å². The van der Waals surface area contributed by atoms with E-state index in [2.05, 4.69) is 6.92 Å². The molecule has 0 heterocycles. The quantitative estimate of drug-likeness (QED) is 0.825. The van der Waals surface area contributed by atoms with Crippen molar-refractivity contribution in [2.75, 3.05) is 0 Å². The minimum atomic E-state index is -0.152. The molecular formula is C18H28FN. The molecule has 0 spiro atoms. The Morgan fingerprint density at radius 3 is 2.60 bits per heavy atom. The third-order valence-electron chi connectivity index (χ3n) is 4.91. The lowest BCUT2D eigenvalue weighted by Gasteiger charge is -2.37. The molecule has 1 nitrogen and oxygen atoms in total. The van der Waals surface area contributed by atoms with Gasteiger partial charge in [0.15, 0.2) is 0 Å². The third-order valence-corrected chi connectivity index (χ3v) is 4.91. The van der Waals surface area contributed by atoms with Crippen LogP contribution < -0.4 is 5.73 Å². The topological polar surface area (TPSA) is 26.0 Å². The maximum atomic E-state index is 13.2. The van der Waals surface area contributed by atoms with Crippen molar-refractivity contribution < 1.29 is 4.39 Å². The lowest BCUT2D eigenvalue weighted by Crippen LogP contribution is -2.45. The molecule has 2 rings (SSSR count). The van der Waals surface area contributed by atoms with E-state index in [9.17, 15) is 4.39 Å². The van der Waals surface area contributed by atoms with Crippen LogP contribution in [0.15, 0.2) is 18.2 Å². The minimum Gasteiger partial charge on any atom is -0.325 e. The molecule has 0 atom stereocenters. The highest BCUT2D eigenvalue weighted by Crippen LogP contribution is 2.35. The van der Waals surface area contributed by atoms with Crippen molar-refractivity contribution in [3.05, 3.63) is 35.1 Å². The van der Waals surface area contributed by atoms with E-state index in [0.717, 1.165) is 30.7 Å². The molecule has 0 unspecified atom stereocenters. The molecule has 0 aromatic heterocycles. The van der Waals surface area contributed by atoms with Crippen molar-refractivity contribution in [2.24, 2.45) is 11.7 Å². The standard InChI is InChI=1S/C18H28FN/c1-3-4-5-15-8-10-18(20,11-9-15)13-16-6-7-17(19)12-14(16)2/h6-7,12,15H,3-5,8-11,13,20H2,1-2H3. The molecule has 0 aliphatic heterocycles. The first-order chi connectivity index (χ1) is 9.52. The largest absolute Gasteiger partial charge is 0.325 e. The number of benzene rings is 1. The van der Waals surface area contributed by atoms with Crippen LogP contribution in [0.1, 0.15) is 63.0 Å². The second kappa shape index (κ2) is 6.71. The van der Waals surface area contributed by atoms with E-state index in [-0.39, 0.29) is 11.4 Å². The molecule has 1 aromatic carbocycles. The molecule has 112 valence electrons. The molecule has 1 aliphatic rings. The lowest BCUT2D eigenvalue weighted by molar-refractivity contribution is 0.221. The summed E-state index contributed by atoms with van der Waals surface area (Å²) < 4.78 is 13.2. The van der Waals surface area contributed by atoms with Gasteiger partial charge in [-0.1, -0.05) is 32.3 Å². The Labute approximate surface area is 122 Å². The van der Waals surface area contributed by atoms with Gasteiger partial charge in [-0.3, -0.25) is 0 Å². The van der Waals surface area contributed by atoms with Crippen molar-refractivity contribution in [1.29, 1.82) is 0 Å². The molecule has 2 N–H and O–H groups in total. The molecule has 0 radical (unpaired) electrons. The van der Waals surface area contributed by atoms with Crippen LogP contribution in [0.3, 0.4) is 0 Å². The van der Waals surface area contributed by atoms with E-state index in [1.54, 1.807) is 12.1 Å². The van der Waals surface area contributed by atoms with Crippen LogP contribution in [-0.4, -0.2) is 5.54 Å². The summed E-state index contributed by atoms with van der Waals surface area (Å²) >= 11 is 0. The summed E-state index contributed by atoms with van der Waals surface area (Å²) in [5.41, 5.74) is 8.76. The van der Waals surface area contributed by atoms with E-state index in [1.165, 1.54) is 37.7 Å². The van der Waals surface area contributed by atoms with Gasteiger partial charge in [-0.25, -0.2) is 4.39 Å². The molecule has 20 heavy (non-hydrogen) atoms.